The van der Waals surface area contributed by atoms with Crippen LogP contribution in [0.15, 0.2) is 0 Å². The number of hydrogen-bond acceptors (Lipinski definition) is 3. The maximum atomic E-state index is 10.8. The Hall–Kier alpha value is -0.610. The van der Waals surface area contributed by atoms with Crippen LogP contribution in [0.5, 0.6) is 0 Å². The molecule has 1 saturated heterocycles. The lowest BCUT2D eigenvalue weighted by Crippen LogP contribution is -2.49. The third-order valence-corrected chi connectivity index (χ3v) is 3.56. The minimum absolute atomic E-state index is 0.557. The van der Waals surface area contributed by atoms with E-state index in [1.54, 1.807) is 0 Å². The van der Waals surface area contributed by atoms with Crippen molar-refractivity contribution in [2.75, 3.05) is 19.7 Å². The molecule has 0 aromatic carbocycles. The summed E-state index contributed by atoms with van der Waals surface area (Å²) in [6, 6.07) is 0.589. The monoisotopic (exact) mass is 213 g/mol. The molecule has 2 aliphatic rings. The van der Waals surface area contributed by atoms with Crippen molar-refractivity contribution in [2.24, 2.45) is 5.92 Å². The fourth-order valence-electron chi connectivity index (χ4n) is 2.66. The van der Waals surface area contributed by atoms with Crippen LogP contribution in [0, 0.1) is 5.92 Å². The van der Waals surface area contributed by atoms with Crippen LogP contribution in [0.25, 0.3) is 0 Å². The second-order valence-corrected chi connectivity index (χ2v) is 4.76. The number of nitrogens with zero attached hydrogens (tertiary/aromatic N) is 1. The van der Waals surface area contributed by atoms with Gasteiger partial charge in [-0.1, -0.05) is 6.92 Å². The third kappa shape index (κ3) is 2.49. The van der Waals surface area contributed by atoms with E-state index in [1.165, 1.54) is 19.3 Å². The van der Waals surface area contributed by atoms with E-state index in [-0.39, 0.29) is 0 Å². The van der Waals surface area contributed by atoms with Gasteiger partial charge in [0.05, 0.1) is 6.61 Å². The molecule has 1 heterocycles. The first-order chi connectivity index (χ1) is 7.16. The summed E-state index contributed by atoms with van der Waals surface area (Å²) in [6.45, 7) is 4.28. The second-order valence-electron chi connectivity index (χ2n) is 4.76. The van der Waals surface area contributed by atoms with E-state index in [2.05, 4.69) is 11.8 Å². The van der Waals surface area contributed by atoms with Gasteiger partial charge in [-0.2, -0.15) is 0 Å². The number of aliphatic carboxylic acids is 1. The summed E-state index contributed by atoms with van der Waals surface area (Å²) in [5.41, 5.74) is 0. The molecule has 4 nitrogen and oxygen atoms in total. The van der Waals surface area contributed by atoms with E-state index < -0.39 is 12.1 Å². The molecule has 2 rings (SSSR count). The highest BCUT2D eigenvalue weighted by atomic mass is 16.5. The molecule has 86 valence electrons. The first-order valence-corrected chi connectivity index (χ1v) is 5.75. The molecule has 1 N–H and O–H groups in total. The average molecular weight is 213 g/mol. The second kappa shape index (κ2) is 4.49. The predicted molar refractivity (Wildman–Crippen MR) is 55.8 cm³/mol. The standard InChI is InChI=1S/C11H19NO3/c1-8-2-3-9(6-8)12-4-5-15-10(7-12)11(13)14/h8-10H,2-7H2,1H3,(H,13,14). The number of carboxylic acid groups (broad SMARTS) is 1. The van der Waals surface area contributed by atoms with Crippen LogP contribution in [0.2, 0.25) is 0 Å². The third-order valence-electron chi connectivity index (χ3n) is 3.56. The molecule has 4 heteroatoms. The van der Waals surface area contributed by atoms with Gasteiger partial charge in [0.2, 0.25) is 0 Å². The summed E-state index contributed by atoms with van der Waals surface area (Å²) in [4.78, 5) is 13.1. The minimum Gasteiger partial charge on any atom is -0.479 e. The highest BCUT2D eigenvalue weighted by Crippen LogP contribution is 2.29. The SMILES string of the molecule is CC1CCC(N2CCOC(C(=O)O)C2)C1. The molecule has 1 saturated carbocycles. The highest BCUT2D eigenvalue weighted by Gasteiger charge is 2.33. The van der Waals surface area contributed by atoms with Crippen molar-refractivity contribution in [3.63, 3.8) is 0 Å². The Bertz CT molecular complexity index is 244. The normalized spacial score (nSPS) is 38.1. The summed E-state index contributed by atoms with van der Waals surface area (Å²) >= 11 is 0. The van der Waals surface area contributed by atoms with Crippen molar-refractivity contribution in [3.05, 3.63) is 0 Å². The highest BCUT2D eigenvalue weighted by molar-refractivity contribution is 5.72. The van der Waals surface area contributed by atoms with Crippen molar-refractivity contribution in [2.45, 2.75) is 38.3 Å². The van der Waals surface area contributed by atoms with Crippen LogP contribution in [-0.4, -0.2) is 47.8 Å². The van der Waals surface area contributed by atoms with Gasteiger partial charge in [-0.15, -0.1) is 0 Å². The van der Waals surface area contributed by atoms with Crippen molar-refractivity contribution in [1.29, 1.82) is 0 Å². The quantitative estimate of drug-likeness (QED) is 0.742. The van der Waals surface area contributed by atoms with Gasteiger partial charge in [-0.05, 0) is 25.2 Å². The van der Waals surface area contributed by atoms with Crippen LogP contribution in [-0.2, 0) is 9.53 Å². The van der Waals surface area contributed by atoms with Crippen molar-refractivity contribution < 1.29 is 14.6 Å². The number of hydrogen-bond donors (Lipinski definition) is 1. The van der Waals surface area contributed by atoms with Crippen LogP contribution < -0.4 is 0 Å². The molecule has 0 aromatic rings. The van der Waals surface area contributed by atoms with E-state index in [1.807, 2.05) is 0 Å². The first-order valence-electron chi connectivity index (χ1n) is 5.75. The number of morpholine rings is 1. The summed E-state index contributed by atoms with van der Waals surface area (Å²) < 4.78 is 5.21. The Morgan fingerprint density at radius 3 is 2.87 bits per heavy atom. The zero-order chi connectivity index (χ0) is 10.8. The molecule has 0 amide bonds. The minimum atomic E-state index is -0.828. The maximum Gasteiger partial charge on any atom is 0.334 e. The van der Waals surface area contributed by atoms with E-state index in [0.717, 1.165) is 12.5 Å². The number of carboxylic acids is 1. The van der Waals surface area contributed by atoms with Gasteiger partial charge in [0.1, 0.15) is 0 Å². The summed E-state index contributed by atoms with van der Waals surface area (Å²) in [5.74, 6) is -0.0353. The molecule has 2 fully saturated rings. The molecule has 0 radical (unpaired) electrons. The van der Waals surface area contributed by atoms with E-state index >= 15 is 0 Å². The van der Waals surface area contributed by atoms with Gasteiger partial charge in [0.25, 0.3) is 0 Å². The van der Waals surface area contributed by atoms with Crippen molar-refractivity contribution >= 4 is 5.97 Å². The lowest BCUT2D eigenvalue weighted by atomic mass is 10.1. The number of carbonyl (C=O) groups is 1. The average Bonchev–Trinajstić information content (AvgIpc) is 2.65. The van der Waals surface area contributed by atoms with Crippen molar-refractivity contribution in [3.8, 4) is 0 Å². The Morgan fingerprint density at radius 1 is 1.47 bits per heavy atom. The smallest absolute Gasteiger partial charge is 0.334 e. The molecule has 1 aliphatic heterocycles. The Balaban J connectivity index is 1.90. The van der Waals surface area contributed by atoms with E-state index in [4.69, 9.17) is 9.84 Å². The molecular weight excluding hydrogens is 194 g/mol. The van der Waals surface area contributed by atoms with Gasteiger partial charge < -0.3 is 9.84 Å². The van der Waals surface area contributed by atoms with Crippen LogP contribution in [0.1, 0.15) is 26.2 Å². The van der Waals surface area contributed by atoms with Gasteiger partial charge >= 0.3 is 5.97 Å². The lowest BCUT2D eigenvalue weighted by Gasteiger charge is -2.35. The Morgan fingerprint density at radius 2 is 2.27 bits per heavy atom. The fraction of sp³-hybridized carbons (Fsp3) is 0.909. The molecule has 3 unspecified atom stereocenters. The number of ether oxygens (including phenoxy) is 1. The van der Waals surface area contributed by atoms with Gasteiger partial charge in [-0.3, -0.25) is 4.90 Å². The van der Waals surface area contributed by atoms with E-state index in [0.29, 0.717) is 19.2 Å². The van der Waals surface area contributed by atoms with Crippen molar-refractivity contribution in [1.82, 2.24) is 4.90 Å². The zero-order valence-electron chi connectivity index (χ0n) is 9.19. The molecular formula is C11H19NO3. The first kappa shape index (κ1) is 10.9. The largest absolute Gasteiger partial charge is 0.479 e. The van der Waals surface area contributed by atoms with Gasteiger partial charge in [0.15, 0.2) is 6.10 Å². The predicted octanol–water partition coefficient (Wildman–Crippen LogP) is 0.960. The summed E-state index contributed by atoms with van der Waals surface area (Å²) in [7, 11) is 0. The maximum absolute atomic E-state index is 10.8. The van der Waals surface area contributed by atoms with Gasteiger partial charge in [-0.25, -0.2) is 4.79 Å². The Kier molecular flexibility index (Phi) is 3.26. The van der Waals surface area contributed by atoms with Crippen LogP contribution in [0.4, 0.5) is 0 Å². The summed E-state index contributed by atoms with van der Waals surface area (Å²) in [5, 5.41) is 8.90. The molecule has 0 spiro atoms. The molecule has 1 aliphatic carbocycles. The van der Waals surface area contributed by atoms with E-state index in [9.17, 15) is 4.79 Å². The topological polar surface area (TPSA) is 49.8 Å². The molecule has 15 heavy (non-hydrogen) atoms. The summed E-state index contributed by atoms with van der Waals surface area (Å²) in [6.07, 6.45) is 3.09. The lowest BCUT2D eigenvalue weighted by molar-refractivity contribution is -0.157. The van der Waals surface area contributed by atoms with Crippen LogP contribution in [0.3, 0.4) is 0 Å². The van der Waals surface area contributed by atoms with Gasteiger partial charge in [0, 0.05) is 19.1 Å². The molecule has 0 aromatic heterocycles. The fourth-order valence-corrected chi connectivity index (χ4v) is 2.66. The molecule has 0 bridgehead atoms. The number of rotatable bonds is 2. The zero-order valence-corrected chi connectivity index (χ0v) is 9.19. The Labute approximate surface area is 90.2 Å². The molecule has 3 atom stereocenters. The van der Waals surface area contributed by atoms with Crippen LogP contribution >= 0.6 is 0 Å².